The highest BCUT2D eigenvalue weighted by molar-refractivity contribution is 7.18. The SMILES string of the molecule is CC(=O)c1ncn2cc(C3=C(C(=O)OC(C)OC(=O)C4CCCCC4)N4C(=O)[C@H]([C@@H](C)O)[C@H]4[C@H]3C)sc12. The Balaban J connectivity index is 1.46. The van der Waals surface area contributed by atoms with Gasteiger partial charge in [-0.05, 0) is 19.8 Å². The van der Waals surface area contributed by atoms with Gasteiger partial charge >= 0.3 is 11.9 Å². The number of aliphatic hydroxyl groups is 1. The lowest BCUT2D eigenvalue weighted by molar-refractivity contribution is -0.188. The van der Waals surface area contributed by atoms with E-state index in [4.69, 9.17) is 9.47 Å². The number of nitrogens with zero attached hydrogens (tertiary/aromatic N) is 3. The van der Waals surface area contributed by atoms with Crippen LogP contribution in [0.5, 0.6) is 0 Å². The molecular formula is C26H31N3O7S. The first-order valence-electron chi connectivity index (χ1n) is 12.7. The number of aliphatic hydroxyl groups excluding tert-OH is 1. The van der Waals surface area contributed by atoms with Gasteiger partial charge in [0.15, 0.2) is 5.78 Å². The topological polar surface area (TPSA) is 128 Å². The predicted octanol–water partition coefficient (Wildman–Crippen LogP) is 3.18. The summed E-state index contributed by atoms with van der Waals surface area (Å²) in [6, 6.07) is -0.406. The number of esters is 2. The molecule has 198 valence electrons. The summed E-state index contributed by atoms with van der Waals surface area (Å²) in [6.07, 6.45) is 5.89. The van der Waals surface area contributed by atoms with Gasteiger partial charge in [-0.2, -0.15) is 0 Å². The zero-order valence-electron chi connectivity index (χ0n) is 21.3. The number of aromatic nitrogens is 2. The van der Waals surface area contributed by atoms with Crippen molar-refractivity contribution in [3.63, 3.8) is 0 Å². The van der Waals surface area contributed by atoms with Crippen molar-refractivity contribution in [2.75, 3.05) is 0 Å². The van der Waals surface area contributed by atoms with Gasteiger partial charge in [-0.25, -0.2) is 9.78 Å². The first-order chi connectivity index (χ1) is 17.6. The molecule has 11 heteroatoms. The van der Waals surface area contributed by atoms with Crippen LogP contribution < -0.4 is 0 Å². The summed E-state index contributed by atoms with van der Waals surface area (Å²) in [7, 11) is 0. The zero-order chi connectivity index (χ0) is 26.6. The smallest absolute Gasteiger partial charge is 0.358 e. The summed E-state index contributed by atoms with van der Waals surface area (Å²) in [4.78, 5) is 58.0. The van der Waals surface area contributed by atoms with Crippen molar-refractivity contribution >= 4 is 45.4 Å². The van der Waals surface area contributed by atoms with E-state index in [1.807, 2.05) is 6.92 Å². The molecule has 5 atom stereocenters. The van der Waals surface area contributed by atoms with Crippen LogP contribution in [0.3, 0.4) is 0 Å². The van der Waals surface area contributed by atoms with Crippen molar-refractivity contribution in [3.8, 4) is 0 Å². The van der Waals surface area contributed by atoms with Gasteiger partial charge in [0, 0.05) is 31.5 Å². The molecule has 1 saturated carbocycles. The van der Waals surface area contributed by atoms with E-state index in [0.29, 0.717) is 21.0 Å². The van der Waals surface area contributed by atoms with Crippen LogP contribution in [-0.2, 0) is 23.9 Å². The number of amides is 1. The van der Waals surface area contributed by atoms with Crippen molar-refractivity contribution in [2.24, 2.45) is 17.8 Å². The fourth-order valence-electron chi connectivity index (χ4n) is 5.88. The first kappa shape index (κ1) is 25.6. The number of Topliss-reactive ketones (excluding diaryl/α,β-unsaturated/α-hetero) is 1. The normalized spacial score (nSPS) is 25.6. The number of hydrogen-bond donors (Lipinski definition) is 1. The van der Waals surface area contributed by atoms with Gasteiger partial charge in [0.25, 0.3) is 0 Å². The van der Waals surface area contributed by atoms with Crippen LogP contribution in [0.4, 0.5) is 0 Å². The van der Waals surface area contributed by atoms with Crippen molar-refractivity contribution in [1.29, 1.82) is 0 Å². The van der Waals surface area contributed by atoms with E-state index in [2.05, 4.69) is 4.98 Å². The molecule has 4 heterocycles. The predicted molar refractivity (Wildman–Crippen MR) is 133 cm³/mol. The lowest BCUT2D eigenvalue weighted by Crippen LogP contribution is -2.63. The number of ketones is 1. The van der Waals surface area contributed by atoms with Gasteiger partial charge in [-0.1, -0.05) is 26.2 Å². The Bertz CT molecular complexity index is 1300. The monoisotopic (exact) mass is 529 g/mol. The minimum absolute atomic E-state index is 0.0850. The average molecular weight is 530 g/mol. The van der Waals surface area contributed by atoms with Crippen LogP contribution in [0.2, 0.25) is 0 Å². The minimum Gasteiger partial charge on any atom is -0.425 e. The van der Waals surface area contributed by atoms with Crippen molar-refractivity contribution < 1.29 is 33.8 Å². The number of β-lactam (4-membered cyclic amide) rings is 1. The summed E-state index contributed by atoms with van der Waals surface area (Å²) in [5.41, 5.74) is 1.01. The third kappa shape index (κ3) is 4.27. The van der Waals surface area contributed by atoms with Crippen molar-refractivity contribution in [3.05, 3.63) is 28.8 Å². The molecule has 0 bridgehead atoms. The standard InChI is InChI=1S/C26H31N3O7S/c1-12-18(17-10-28-11-27-20(14(3)31)24(28)37-17)22(29-21(12)19(13(2)30)23(29)32)26(34)36-15(4)35-25(33)16-8-6-5-7-9-16/h10-13,15-16,19,21,30H,5-9H2,1-4H3/t12-,13+,15?,19+,21+/m0/s1. The minimum atomic E-state index is -1.12. The molecule has 1 N–H and O–H groups in total. The number of carbonyl (C=O) groups excluding carboxylic acids is 4. The molecule has 0 radical (unpaired) electrons. The Morgan fingerprint density at radius 3 is 2.51 bits per heavy atom. The lowest BCUT2D eigenvalue weighted by Gasteiger charge is -2.46. The van der Waals surface area contributed by atoms with E-state index in [-0.39, 0.29) is 35.2 Å². The number of fused-ring (bicyclic) bond motifs is 2. The fraction of sp³-hybridized carbons (Fsp3) is 0.577. The second-order valence-corrected chi connectivity index (χ2v) is 11.2. The van der Waals surface area contributed by atoms with Gasteiger partial charge in [-0.3, -0.25) is 18.8 Å². The van der Waals surface area contributed by atoms with Crippen molar-refractivity contribution in [1.82, 2.24) is 14.3 Å². The molecule has 0 spiro atoms. The van der Waals surface area contributed by atoms with Crippen LogP contribution >= 0.6 is 11.3 Å². The molecule has 5 rings (SSSR count). The van der Waals surface area contributed by atoms with Crippen LogP contribution in [0.15, 0.2) is 18.2 Å². The van der Waals surface area contributed by atoms with E-state index in [1.54, 1.807) is 17.5 Å². The summed E-state index contributed by atoms with van der Waals surface area (Å²) in [5, 5.41) is 10.2. The van der Waals surface area contributed by atoms with Gasteiger partial charge in [0.05, 0.1) is 28.9 Å². The summed E-state index contributed by atoms with van der Waals surface area (Å²) in [5.74, 6) is -2.79. The molecule has 37 heavy (non-hydrogen) atoms. The number of thiazole rings is 1. The van der Waals surface area contributed by atoms with E-state index >= 15 is 0 Å². The van der Waals surface area contributed by atoms with Crippen LogP contribution in [0.1, 0.15) is 75.2 Å². The Morgan fingerprint density at radius 2 is 1.86 bits per heavy atom. The Morgan fingerprint density at radius 1 is 1.16 bits per heavy atom. The summed E-state index contributed by atoms with van der Waals surface area (Å²) < 4.78 is 12.7. The molecule has 1 saturated heterocycles. The van der Waals surface area contributed by atoms with Gasteiger partial charge in [0.2, 0.25) is 12.2 Å². The lowest BCUT2D eigenvalue weighted by atomic mass is 9.77. The molecule has 2 aromatic heterocycles. The summed E-state index contributed by atoms with van der Waals surface area (Å²) >= 11 is 1.30. The highest BCUT2D eigenvalue weighted by atomic mass is 32.1. The van der Waals surface area contributed by atoms with Gasteiger partial charge < -0.3 is 19.5 Å². The zero-order valence-corrected chi connectivity index (χ0v) is 22.1. The molecule has 1 aliphatic carbocycles. The van der Waals surface area contributed by atoms with Crippen LogP contribution in [-0.4, -0.2) is 61.5 Å². The number of imidazole rings is 1. The van der Waals surface area contributed by atoms with E-state index in [1.165, 1.54) is 36.4 Å². The maximum Gasteiger partial charge on any atom is 0.358 e. The molecule has 2 fully saturated rings. The molecule has 2 aromatic rings. The molecule has 10 nitrogen and oxygen atoms in total. The molecule has 2 aliphatic heterocycles. The highest BCUT2D eigenvalue weighted by Gasteiger charge is 2.60. The number of ether oxygens (including phenoxy) is 2. The molecule has 1 amide bonds. The average Bonchev–Trinajstić information content (AvgIpc) is 3.48. The van der Waals surface area contributed by atoms with E-state index in [0.717, 1.165) is 32.1 Å². The van der Waals surface area contributed by atoms with E-state index in [9.17, 15) is 24.3 Å². The maximum atomic E-state index is 13.5. The largest absolute Gasteiger partial charge is 0.425 e. The third-order valence-electron chi connectivity index (χ3n) is 7.67. The third-order valence-corrected chi connectivity index (χ3v) is 8.81. The molecular weight excluding hydrogens is 498 g/mol. The molecule has 3 aliphatic rings. The quantitative estimate of drug-likeness (QED) is 0.251. The highest BCUT2D eigenvalue weighted by Crippen LogP contribution is 2.52. The number of hydrogen-bond acceptors (Lipinski definition) is 9. The Kier molecular flexibility index (Phi) is 6.70. The Hall–Kier alpha value is -3.05. The number of carbonyl (C=O) groups is 4. The summed E-state index contributed by atoms with van der Waals surface area (Å²) in [6.45, 7) is 6.40. The van der Waals surface area contributed by atoms with Gasteiger partial charge in [-0.15, -0.1) is 11.3 Å². The second-order valence-electron chi connectivity index (χ2n) is 10.2. The first-order valence-corrected chi connectivity index (χ1v) is 13.6. The van der Waals surface area contributed by atoms with Crippen LogP contribution in [0, 0.1) is 17.8 Å². The number of rotatable bonds is 7. The van der Waals surface area contributed by atoms with Gasteiger partial charge in [0.1, 0.15) is 22.5 Å². The van der Waals surface area contributed by atoms with E-state index < -0.39 is 30.3 Å². The maximum absolute atomic E-state index is 13.5. The van der Waals surface area contributed by atoms with Crippen LogP contribution in [0.25, 0.3) is 10.4 Å². The van der Waals surface area contributed by atoms with Crippen molar-refractivity contribution in [2.45, 2.75) is 78.2 Å². The fourth-order valence-corrected chi connectivity index (χ4v) is 7.14. The Labute approximate surface area is 218 Å². The molecule has 0 aromatic carbocycles. The second kappa shape index (κ2) is 9.68. The molecule has 1 unspecified atom stereocenters.